The number of primary amides is 1. The molecule has 0 spiro atoms. The van der Waals surface area contributed by atoms with Crippen molar-refractivity contribution in [1.82, 2.24) is 15.2 Å². The van der Waals surface area contributed by atoms with Crippen LogP contribution in [0.2, 0.25) is 0 Å². The van der Waals surface area contributed by atoms with Gasteiger partial charge in [0.15, 0.2) is 0 Å². The molecule has 1 amide bonds. The average Bonchev–Trinajstić information content (AvgIpc) is 3.20. The lowest BCUT2D eigenvalue weighted by molar-refractivity contribution is 0.1000. The first kappa shape index (κ1) is 17.1. The molecule has 1 aliphatic heterocycles. The summed E-state index contributed by atoms with van der Waals surface area (Å²) < 4.78 is 0. The standard InChI is InChI=1S/C18H24N4OS/c1-13-17(24-12-21-13)11-22(10-15-5-6-20-8-15)9-14-3-2-4-16(7-14)18(19)23/h2-4,7,12,15,20H,5-6,8-11H2,1H3,(H2,19,23)/t15-/m1/s1. The Bertz CT molecular complexity index is 694. The third-order valence-corrected chi connectivity index (χ3v) is 5.43. The van der Waals surface area contributed by atoms with Gasteiger partial charge >= 0.3 is 0 Å². The van der Waals surface area contributed by atoms with Crippen LogP contribution < -0.4 is 11.1 Å². The van der Waals surface area contributed by atoms with E-state index in [0.717, 1.165) is 44.0 Å². The van der Waals surface area contributed by atoms with Crippen LogP contribution >= 0.6 is 11.3 Å². The van der Waals surface area contributed by atoms with Crippen molar-refractivity contribution in [3.63, 3.8) is 0 Å². The number of carbonyl (C=O) groups excluding carboxylic acids is 1. The van der Waals surface area contributed by atoms with E-state index in [2.05, 4.69) is 28.2 Å². The van der Waals surface area contributed by atoms with E-state index in [9.17, 15) is 4.79 Å². The van der Waals surface area contributed by atoms with E-state index in [1.54, 1.807) is 17.4 Å². The molecule has 1 aromatic heterocycles. The van der Waals surface area contributed by atoms with E-state index in [1.807, 2.05) is 17.6 Å². The van der Waals surface area contributed by atoms with Crippen LogP contribution in [0.1, 0.15) is 32.9 Å². The molecule has 128 valence electrons. The molecule has 0 aliphatic carbocycles. The van der Waals surface area contributed by atoms with E-state index >= 15 is 0 Å². The third kappa shape index (κ3) is 4.41. The number of nitrogens with zero attached hydrogens (tertiary/aromatic N) is 2. The molecular formula is C18H24N4OS. The number of aryl methyl sites for hydroxylation is 1. The number of benzene rings is 1. The number of amides is 1. The molecule has 1 atom stereocenters. The molecule has 3 N–H and O–H groups in total. The summed E-state index contributed by atoms with van der Waals surface area (Å²) in [5.41, 5.74) is 10.1. The van der Waals surface area contributed by atoms with Crippen LogP contribution in [0, 0.1) is 12.8 Å². The zero-order chi connectivity index (χ0) is 16.9. The highest BCUT2D eigenvalue weighted by atomic mass is 32.1. The summed E-state index contributed by atoms with van der Waals surface area (Å²) in [4.78, 5) is 19.5. The summed E-state index contributed by atoms with van der Waals surface area (Å²) in [6, 6.07) is 7.64. The van der Waals surface area contributed by atoms with Crippen molar-refractivity contribution in [3.8, 4) is 0 Å². The second-order valence-electron chi connectivity index (χ2n) is 6.45. The number of nitrogens with two attached hydrogens (primary N) is 1. The molecule has 6 heteroatoms. The fourth-order valence-corrected chi connectivity index (χ4v) is 4.00. The van der Waals surface area contributed by atoms with Gasteiger partial charge in [-0.3, -0.25) is 9.69 Å². The van der Waals surface area contributed by atoms with Crippen LogP contribution in [0.25, 0.3) is 0 Å². The second kappa shape index (κ2) is 7.88. The van der Waals surface area contributed by atoms with E-state index in [0.29, 0.717) is 11.5 Å². The lowest BCUT2D eigenvalue weighted by atomic mass is 10.1. The Labute approximate surface area is 146 Å². The SMILES string of the molecule is Cc1ncsc1CN(Cc1cccc(C(N)=O)c1)C[C@@H]1CCNC1. The topological polar surface area (TPSA) is 71.2 Å². The largest absolute Gasteiger partial charge is 0.366 e. The Morgan fingerprint density at radius 1 is 1.46 bits per heavy atom. The fourth-order valence-electron chi connectivity index (χ4n) is 3.18. The first-order valence-corrected chi connectivity index (χ1v) is 9.20. The molecule has 2 heterocycles. The maximum Gasteiger partial charge on any atom is 0.248 e. The zero-order valence-electron chi connectivity index (χ0n) is 14.0. The van der Waals surface area contributed by atoms with Crippen LogP contribution in [-0.2, 0) is 13.1 Å². The molecule has 0 radical (unpaired) electrons. The van der Waals surface area contributed by atoms with Crippen molar-refractivity contribution in [1.29, 1.82) is 0 Å². The summed E-state index contributed by atoms with van der Waals surface area (Å²) in [7, 11) is 0. The molecule has 1 aromatic carbocycles. The maximum atomic E-state index is 11.4. The summed E-state index contributed by atoms with van der Waals surface area (Å²) in [5, 5.41) is 3.44. The van der Waals surface area contributed by atoms with E-state index in [1.165, 1.54) is 11.3 Å². The van der Waals surface area contributed by atoms with Gasteiger partial charge < -0.3 is 11.1 Å². The summed E-state index contributed by atoms with van der Waals surface area (Å²) >= 11 is 1.71. The van der Waals surface area contributed by atoms with E-state index in [-0.39, 0.29) is 5.91 Å². The van der Waals surface area contributed by atoms with Crippen molar-refractivity contribution in [2.45, 2.75) is 26.4 Å². The number of carbonyl (C=O) groups is 1. The quantitative estimate of drug-likeness (QED) is 0.807. The average molecular weight is 344 g/mol. The molecule has 0 saturated carbocycles. The van der Waals surface area contributed by atoms with E-state index < -0.39 is 0 Å². The number of hydrogen-bond acceptors (Lipinski definition) is 5. The van der Waals surface area contributed by atoms with Crippen LogP contribution in [0.3, 0.4) is 0 Å². The van der Waals surface area contributed by atoms with Crippen LogP contribution in [0.5, 0.6) is 0 Å². The first-order valence-electron chi connectivity index (χ1n) is 8.32. The van der Waals surface area contributed by atoms with Gasteiger partial charge in [0, 0.05) is 30.1 Å². The van der Waals surface area contributed by atoms with Gasteiger partial charge in [-0.15, -0.1) is 11.3 Å². The summed E-state index contributed by atoms with van der Waals surface area (Å²) in [6.45, 7) is 7.01. The Balaban J connectivity index is 1.74. The highest BCUT2D eigenvalue weighted by molar-refractivity contribution is 7.09. The minimum Gasteiger partial charge on any atom is -0.366 e. The zero-order valence-corrected chi connectivity index (χ0v) is 14.8. The maximum absolute atomic E-state index is 11.4. The molecule has 5 nitrogen and oxygen atoms in total. The third-order valence-electron chi connectivity index (χ3n) is 4.51. The second-order valence-corrected chi connectivity index (χ2v) is 7.39. The molecule has 0 unspecified atom stereocenters. The first-order chi connectivity index (χ1) is 11.6. The van der Waals surface area contributed by atoms with Crippen molar-refractivity contribution < 1.29 is 4.79 Å². The highest BCUT2D eigenvalue weighted by Gasteiger charge is 2.20. The minimum atomic E-state index is -0.373. The number of rotatable bonds is 7. The molecule has 2 aromatic rings. The van der Waals surface area contributed by atoms with Crippen LogP contribution in [0.15, 0.2) is 29.8 Å². The van der Waals surface area contributed by atoms with Crippen molar-refractivity contribution in [2.24, 2.45) is 11.7 Å². The molecule has 24 heavy (non-hydrogen) atoms. The Morgan fingerprint density at radius 3 is 3.00 bits per heavy atom. The molecule has 3 rings (SSSR count). The van der Waals surface area contributed by atoms with E-state index in [4.69, 9.17) is 5.73 Å². The van der Waals surface area contributed by atoms with Gasteiger partial charge in [-0.1, -0.05) is 12.1 Å². The normalized spacial score (nSPS) is 17.5. The number of thiazole rings is 1. The summed E-state index contributed by atoms with van der Waals surface area (Å²) in [6.07, 6.45) is 1.22. The number of aromatic nitrogens is 1. The fraction of sp³-hybridized carbons (Fsp3) is 0.444. The van der Waals surface area contributed by atoms with Gasteiger partial charge in [-0.2, -0.15) is 0 Å². The molecular weight excluding hydrogens is 320 g/mol. The summed E-state index contributed by atoms with van der Waals surface area (Å²) in [5.74, 6) is 0.305. The van der Waals surface area contributed by atoms with Gasteiger partial charge in [0.05, 0.1) is 11.2 Å². The van der Waals surface area contributed by atoms with Gasteiger partial charge in [-0.05, 0) is 50.0 Å². The monoisotopic (exact) mass is 344 g/mol. The predicted octanol–water partition coefficient (Wildman–Crippen LogP) is 2.16. The number of nitrogens with one attached hydrogen (secondary N) is 1. The lowest BCUT2D eigenvalue weighted by Gasteiger charge is -2.25. The van der Waals surface area contributed by atoms with Crippen molar-refractivity contribution in [2.75, 3.05) is 19.6 Å². The minimum absolute atomic E-state index is 0.373. The van der Waals surface area contributed by atoms with Crippen LogP contribution in [-0.4, -0.2) is 35.4 Å². The van der Waals surface area contributed by atoms with Gasteiger partial charge in [0.25, 0.3) is 0 Å². The van der Waals surface area contributed by atoms with Gasteiger partial charge in [0.1, 0.15) is 0 Å². The van der Waals surface area contributed by atoms with Gasteiger partial charge in [-0.25, -0.2) is 4.98 Å². The lowest BCUT2D eigenvalue weighted by Crippen LogP contribution is -2.30. The van der Waals surface area contributed by atoms with Crippen molar-refractivity contribution in [3.05, 3.63) is 51.5 Å². The Hall–Kier alpha value is -1.76. The van der Waals surface area contributed by atoms with Crippen molar-refractivity contribution >= 4 is 17.2 Å². The van der Waals surface area contributed by atoms with Gasteiger partial charge in [0.2, 0.25) is 5.91 Å². The molecule has 1 fully saturated rings. The molecule has 0 bridgehead atoms. The van der Waals surface area contributed by atoms with Crippen LogP contribution in [0.4, 0.5) is 0 Å². The predicted molar refractivity (Wildman–Crippen MR) is 96.9 cm³/mol. The molecule has 1 saturated heterocycles. The number of hydrogen-bond donors (Lipinski definition) is 2. The molecule has 1 aliphatic rings. The highest BCUT2D eigenvalue weighted by Crippen LogP contribution is 2.20. The Morgan fingerprint density at radius 2 is 2.33 bits per heavy atom. The smallest absolute Gasteiger partial charge is 0.248 e. The Kier molecular flexibility index (Phi) is 5.60.